The number of aryl methyl sites for hydroxylation is 2. The molecule has 0 amide bonds. The van der Waals surface area contributed by atoms with Gasteiger partial charge >= 0.3 is 0 Å². The van der Waals surface area contributed by atoms with Gasteiger partial charge < -0.3 is 10.6 Å². The van der Waals surface area contributed by atoms with Crippen molar-refractivity contribution in [1.82, 2.24) is 25.4 Å². The zero-order chi connectivity index (χ0) is 16.8. The number of rotatable bonds is 6. The first-order valence-corrected chi connectivity index (χ1v) is 9.65. The first kappa shape index (κ1) is 20.5. The Morgan fingerprint density at radius 1 is 1.20 bits per heavy atom. The molecule has 2 heterocycles. The Hall–Kier alpha value is -0.860. The number of hydrogen-bond acceptors (Lipinski definition) is 3. The Kier molecular flexibility index (Phi) is 8.45. The van der Waals surface area contributed by atoms with Crippen molar-refractivity contribution in [3.8, 4) is 0 Å². The number of guanidine groups is 1. The summed E-state index contributed by atoms with van der Waals surface area (Å²) in [4.78, 5) is 8.95. The lowest BCUT2D eigenvalue weighted by atomic mass is 10.0. The van der Waals surface area contributed by atoms with Gasteiger partial charge in [-0.1, -0.05) is 38.5 Å². The molecule has 2 aliphatic rings. The Labute approximate surface area is 168 Å². The molecule has 142 valence electrons. The summed E-state index contributed by atoms with van der Waals surface area (Å²) in [5.74, 6) is 3.78. The number of aliphatic imine (C=N–C) groups is 1. The molecule has 0 saturated heterocycles. The zero-order valence-corrected chi connectivity index (χ0v) is 18.0. The molecule has 1 atom stereocenters. The average molecular weight is 460 g/mol. The topological polar surface area (TPSA) is 67.1 Å². The third-order valence-corrected chi connectivity index (χ3v) is 5.32. The van der Waals surface area contributed by atoms with Crippen LogP contribution in [0, 0.1) is 12.8 Å². The van der Waals surface area contributed by atoms with Crippen molar-refractivity contribution in [3.05, 3.63) is 11.6 Å². The lowest BCUT2D eigenvalue weighted by Gasteiger charge is -2.25. The number of halogens is 1. The maximum atomic E-state index is 4.58. The fourth-order valence-electron chi connectivity index (χ4n) is 4.03. The van der Waals surface area contributed by atoms with Crippen molar-refractivity contribution in [1.29, 1.82) is 0 Å². The monoisotopic (exact) mass is 460 g/mol. The fraction of sp³-hybridized carbons (Fsp3) is 0.833. The van der Waals surface area contributed by atoms with Crippen molar-refractivity contribution in [2.24, 2.45) is 10.9 Å². The van der Waals surface area contributed by atoms with Gasteiger partial charge in [-0.3, -0.25) is 4.99 Å². The molecule has 3 rings (SSSR count). The third-order valence-electron chi connectivity index (χ3n) is 5.32. The summed E-state index contributed by atoms with van der Waals surface area (Å²) < 4.78 is 2.03. The second-order valence-electron chi connectivity index (χ2n) is 7.22. The van der Waals surface area contributed by atoms with Crippen molar-refractivity contribution < 1.29 is 0 Å². The molecule has 0 radical (unpaired) electrons. The van der Waals surface area contributed by atoms with Crippen LogP contribution in [0.3, 0.4) is 0 Å². The highest BCUT2D eigenvalue weighted by Crippen LogP contribution is 2.28. The number of aromatic nitrogens is 3. The van der Waals surface area contributed by atoms with Gasteiger partial charge in [0.2, 0.25) is 0 Å². The van der Waals surface area contributed by atoms with Gasteiger partial charge in [-0.05, 0) is 32.1 Å². The summed E-state index contributed by atoms with van der Waals surface area (Å²) in [6, 6.07) is 0.213. The van der Waals surface area contributed by atoms with E-state index in [1.54, 1.807) is 0 Å². The molecule has 1 aliphatic heterocycles. The van der Waals surface area contributed by atoms with E-state index in [1.807, 2.05) is 18.7 Å². The largest absolute Gasteiger partial charge is 0.356 e. The minimum absolute atomic E-state index is 0. The van der Waals surface area contributed by atoms with E-state index in [9.17, 15) is 0 Å². The maximum Gasteiger partial charge on any atom is 0.191 e. The van der Waals surface area contributed by atoms with Gasteiger partial charge in [0.15, 0.2) is 5.96 Å². The predicted molar refractivity (Wildman–Crippen MR) is 112 cm³/mol. The van der Waals surface area contributed by atoms with E-state index in [0.717, 1.165) is 49.5 Å². The minimum atomic E-state index is 0. The molecule has 1 aliphatic carbocycles. The summed E-state index contributed by atoms with van der Waals surface area (Å²) in [6.07, 6.45) is 12.0. The van der Waals surface area contributed by atoms with Crippen LogP contribution >= 0.6 is 24.0 Å². The lowest BCUT2D eigenvalue weighted by molar-refractivity contribution is 0.397. The minimum Gasteiger partial charge on any atom is -0.356 e. The molecule has 6 nitrogen and oxygen atoms in total. The number of unbranched alkanes of at least 4 members (excludes halogenated alkanes) is 1. The molecule has 0 spiro atoms. The third kappa shape index (κ3) is 5.82. The highest BCUT2D eigenvalue weighted by Gasteiger charge is 2.24. The predicted octanol–water partition coefficient (Wildman–Crippen LogP) is 3.56. The Bertz CT molecular complexity index is 550. The molecule has 25 heavy (non-hydrogen) atoms. The summed E-state index contributed by atoms with van der Waals surface area (Å²) in [5, 5.41) is 11.4. The van der Waals surface area contributed by atoms with Crippen LogP contribution in [-0.4, -0.2) is 34.3 Å². The highest BCUT2D eigenvalue weighted by molar-refractivity contribution is 14.0. The molecule has 0 aromatic carbocycles. The average Bonchev–Trinajstić information content (AvgIpc) is 3.22. The number of hydrogen-bond donors (Lipinski definition) is 2. The second kappa shape index (κ2) is 10.3. The first-order valence-electron chi connectivity index (χ1n) is 9.65. The van der Waals surface area contributed by atoms with E-state index in [0.29, 0.717) is 0 Å². The molecular formula is C18H33IN6. The summed E-state index contributed by atoms with van der Waals surface area (Å²) in [6.45, 7) is 3.92. The second-order valence-corrected chi connectivity index (χ2v) is 7.22. The van der Waals surface area contributed by atoms with Crippen LogP contribution in [0.1, 0.15) is 75.5 Å². The van der Waals surface area contributed by atoms with Crippen LogP contribution in [0.25, 0.3) is 0 Å². The van der Waals surface area contributed by atoms with Gasteiger partial charge in [-0.15, -0.1) is 24.0 Å². The van der Waals surface area contributed by atoms with Crippen molar-refractivity contribution in [2.45, 2.75) is 77.3 Å². The van der Waals surface area contributed by atoms with E-state index >= 15 is 0 Å². The molecule has 1 unspecified atom stereocenters. The quantitative estimate of drug-likeness (QED) is 0.295. The fourth-order valence-corrected chi connectivity index (χ4v) is 4.03. The van der Waals surface area contributed by atoms with Gasteiger partial charge in [-0.2, -0.15) is 5.10 Å². The van der Waals surface area contributed by atoms with E-state index < -0.39 is 0 Å². The van der Waals surface area contributed by atoms with Crippen LogP contribution in [-0.2, 0) is 6.54 Å². The number of fused-ring (bicyclic) bond motifs is 1. The van der Waals surface area contributed by atoms with Crippen LogP contribution in [0.15, 0.2) is 4.99 Å². The lowest BCUT2D eigenvalue weighted by Crippen LogP contribution is -2.41. The van der Waals surface area contributed by atoms with Gasteiger partial charge in [-0.25, -0.2) is 9.67 Å². The van der Waals surface area contributed by atoms with E-state index in [1.165, 1.54) is 44.9 Å². The van der Waals surface area contributed by atoms with Crippen LogP contribution in [0.5, 0.6) is 0 Å². The number of nitrogens with one attached hydrogen (secondary N) is 2. The van der Waals surface area contributed by atoms with E-state index in [4.69, 9.17) is 0 Å². The Balaban J connectivity index is 0.00000225. The first-order chi connectivity index (χ1) is 11.8. The van der Waals surface area contributed by atoms with Crippen LogP contribution in [0.2, 0.25) is 0 Å². The summed E-state index contributed by atoms with van der Waals surface area (Å²) >= 11 is 0. The number of nitrogens with zero attached hydrogens (tertiary/aromatic N) is 4. The highest BCUT2D eigenvalue weighted by atomic mass is 127. The molecule has 1 saturated carbocycles. The van der Waals surface area contributed by atoms with Gasteiger partial charge in [0.1, 0.15) is 11.6 Å². The normalized spacial score (nSPS) is 20.9. The molecule has 1 aromatic rings. The molecule has 2 N–H and O–H groups in total. The molecule has 1 fully saturated rings. The Morgan fingerprint density at radius 3 is 2.76 bits per heavy atom. The molecule has 7 heteroatoms. The van der Waals surface area contributed by atoms with Crippen LogP contribution in [0.4, 0.5) is 0 Å². The zero-order valence-electron chi connectivity index (χ0n) is 15.6. The van der Waals surface area contributed by atoms with Crippen LogP contribution < -0.4 is 10.6 Å². The van der Waals surface area contributed by atoms with E-state index in [2.05, 4.69) is 25.7 Å². The molecule has 0 bridgehead atoms. The Morgan fingerprint density at radius 2 is 2.00 bits per heavy atom. The van der Waals surface area contributed by atoms with Gasteiger partial charge in [0.25, 0.3) is 0 Å². The molecular weight excluding hydrogens is 427 g/mol. The van der Waals surface area contributed by atoms with Crippen molar-refractivity contribution in [3.63, 3.8) is 0 Å². The van der Waals surface area contributed by atoms with Crippen molar-refractivity contribution in [2.75, 3.05) is 13.6 Å². The summed E-state index contributed by atoms with van der Waals surface area (Å²) in [7, 11) is 1.84. The smallest absolute Gasteiger partial charge is 0.191 e. The SMILES string of the molecule is CN=C(NCCCCC1CCCC1)NC1CCCn2nc(C)nc21.I. The summed E-state index contributed by atoms with van der Waals surface area (Å²) in [5.41, 5.74) is 0. The molecule has 1 aromatic heterocycles. The maximum absolute atomic E-state index is 4.58. The standard InChI is InChI=1S/C18H32N6.HI/c1-14-21-17-16(11-7-13-24(17)23-14)22-18(19-2)20-12-6-5-10-15-8-3-4-9-15;/h15-16H,3-13H2,1-2H3,(H2,19,20,22);1H. The van der Waals surface area contributed by atoms with E-state index in [-0.39, 0.29) is 30.0 Å². The van der Waals surface area contributed by atoms with Crippen molar-refractivity contribution >= 4 is 29.9 Å². The van der Waals surface area contributed by atoms with Gasteiger partial charge in [0.05, 0.1) is 6.04 Å². The van der Waals surface area contributed by atoms with Gasteiger partial charge in [0, 0.05) is 20.1 Å².